The zero-order valence-electron chi connectivity index (χ0n) is 13.1. The minimum Gasteiger partial charge on any atom is -0.496 e. The molecule has 0 bridgehead atoms. The molecule has 21 heavy (non-hydrogen) atoms. The fourth-order valence-electron chi connectivity index (χ4n) is 2.29. The predicted octanol–water partition coefficient (Wildman–Crippen LogP) is 1.14. The van der Waals surface area contributed by atoms with Crippen molar-refractivity contribution >= 4 is 0 Å². The van der Waals surface area contributed by atoms with Gasteiger partial charge in [-0.3, -0.25) is 4.90 Å². The molecule has 0 radical (unpaired) electrons. The van der Waals surface area contributed by atoms with Gasteiger partial charge in [-0.15, -0.1) is 0 Å². The summed E-state index contributed by atoms with van der Waals surface area (Å²) in [6.07, 6.45) is -0.725. The first kappa shape index (κ1) is 17.9. The summed E-state index contributed by atoms with van der Waals surface area (Å²) in [6, 6.07) is 5.83. The lowest BCUT2D eigenvalue weighted by atomic mass is 9.97. The number of aliphatic hydroxyl groups is 3. The average molecular weight is 297 g/mol. The fraction of sp³-hybridized carbons (Fsp3) is 0.625. The number of hydrogen-bond donors (Lipinski definition) is 3. The highest BCUT2D eigenvalue weighted by Gasteiger charge is 2.18. The molecule has 1 aromatic carbocycles. The predicted molar refractivity (Wildman–Crippen MR) is 82.7 cm³/mol. The number of rotatable bonds is 9. The zero-order chi connectivity index (χ0) is 15.8. The van der Waals surface area contributed by atoms with Crippen molar-refractivity contribution in [1.82, 2.24) is 4.90 Å². The van der Waals surface area contributed by atoms with Crippen LogP contribution >= 0.6 is 0 Å². The minimum absolute atomic E-state index is 0.00408. The maximum Gasteiger partial charge on any atom is 0.124 e. The Morgan fingerprint density at radius 1 is 1.14 bits per heavy atom. The van der Waals surface area contributed by atoms with Gasteiger partial charge in [0.1, 0.15) is 5.75 Å². The van der Waals surface area contributed by atoms with E-state index in [-0.39, 0.29) is 13.2 Å². The molecular weight excluding hydrogens is 270 g/mol. The van der Waals surface area contributed by atoms with E-state index in [0.717, 1.165) is 11.1 Å². The molecular formula is C16H27NO4. The van der Waals surface area contributed by atoms with E-state index in [4.69, 9.17) is 14.9 Å². The summed E-state index contributed by atoms with van der Waals surface area (Å²) >= 11 is 0. The first-order valence-corrected chi connectivity index (χ1v) is 7.33. The molecule has 5 heteroatoms. The van der Waals surface area contributed by atoms with Gasteiger partial charge >= 0.3 is 0 Å². The van der Waals surface area contributed by atoms with Crippen molar-refractivity contribution in [2.24, 2.45) is 0 Å². The quantitative estimate of drug-likeness (QED) is 0.637. The molecule has 5 nitrogen and oxygen atoms in total. The highest BCUT2D eigenvalue weighted by atomic mass is 16.5. The number of nitrogens with zero attached hydrogens (tertiary/aromatic N) is 1. The Kier molecular flexibility index (Phi) is 7.67. The van der Waals surface area contributed by atoms with Crippen molar-refractivity contribution in [3.8, 4) is 5.75 Å². The monoisotopic (exact) mass is 297 g/mol. The molecule has 1 aromatic rings. The minimum atomic E-state index is -0.725. The molecule has 0 amide bonds. The van der Waals surface area contributed by atoms with Crippen LogP contribution in [0.2, 0.25) is 0 Å². The molecule has 0 aliphatic rings. The van der Waals surface area contributed by atoms with Gasteiger partial charge in [-0.1, -0.05) is 19.9 Å². The van der Waals surface area contributed by atoms with Crippen molar-refractivity contribution in [1.29, 1.82) is 0 Å². The lowest BCUT2D eigenvalue weighted by molar-refractivity contribution is 0.0859. The van der Waals surface area contributed by atoms with Crippen LogP contribution in [0, 0.1) is 0 Å². The molecule has 0 aromatic heterocycles. The van der Waals surface area contributed by atoms with Gasteiger partial charge in [0.15, 0.2) is 0 Å². The maximum absolute atomic E-state index is 10.5. The smallest absolute Gasteiger partial charge is 0.124 e. The average Bonchev–Trinajstić information content (AvgIpc) is 2.46. The van der Waals surface area contributed by atoms with Crippen molar-refractivity contribution < 1.29 is 20.1 Å². The summed E-state index contributed by atoms with van der Waals surface area (Å²) < 4.78 is 5.33. The van der Waals surface area contributed by atoms with Crippen LogP contribution in [0.3, 0.4) is 0 Å². The van der Waals surface area contributed by atoms with E-state index in [1.165, 1.54) is 0 Å². The summed E-state index contributed by atoms with van der Waals surface area (Å²) in [5, 5.41) is 28.5. The molecule has 0 saturated carbocycles. The van der Waals surface area contributed by atoms with Crippen LogP contribution in [0.25, 0.3) is 0 Å². The summed E-state index contributed by atoms with van der Waals surface area (Å²) in [5.74, 6) is 1.02. The van der Waals surface area contributed by atoms with Crippen LogP contribution in [-0.2, 0) is 0 Å². The fourth-order valence-corrected chi connectivity index (χ4v) is 2.29. The second kappa shape index (κ2) is 9.00. The van der Waals surface area contributed by atoms with Gasteiger partial charge < -0.3 is 20.1 Å². The SMILES string of the molecule is COc1ccc(C(C)C)cc1C(O)CN(CCO)CCO. The molecule has 120 valence electrons. The molecule has 0 heterocycles. The van der Waals surface area contributed by atoms with Crippen LogP contribution in [0.5, 0.6) is 5.75 Å². The van der Waals surface area contributed by atoms with E-state index in [0.29, 0.717) is 31.3 Å². The van der Waals surface area contributed by atoms with E-state index in [2.05, 4.69) is 13.8 Å². The van der Waals surface area contributed by atoms with Gasteiger partial charge in [0.25, 0.3) is 0 Å². The lowest BCUT2D eigenvalue weighted by Gasteiger charge is -2.25. The van der Waals surface area contributed by atoms with Gasteiger partial charge in [-0.25, -0.2) is 0 Å². The van der Waals surface area contributed by atoms with Crippen molar-refractivity contribution in [2.75, 3.05) is 40.0 Å². The van der Waals surface area contributed by atoms with E-state index in [1.807, 2.05) is 23.1 Å². The molecule has 0 aliphatic carbocycles. The molecule has 0 spiro atoms. The Bertz CT molecular complexity index is 417. The van der Waals surface area contributed by atoms with Crippen LogP contribution in [0.4, 0.5) is 0 Å². The first-order valence-electron chi connectivity index (χ1n) is 7.33. The second-order valence-electron chi connectivity index (χ2n) is 5.42. The van der Waals surface area contributed by atoms with Gasteiger partial charge in [0, 0.05) is 25.2 Å². The van der Waals surface area contributed by atoms with Crippen LogP contribution in [0.15, 0.2) is 18.2 Å². The summed E-state index contributed by atoms with van der Waals surface area (Å²) in [5.41, 5.74) is 1.88. The highest BCUT2D eigenvalue weighted by molar-refractivity contribution is 5.40. The third-order valence-electron chi connectivity index (χ3n) is 3.54. The Morgan fingerprint density at radius 2 is 1.76 bits per heavy atom. The van der Waals surface area contributed by atoms with Crippen LogP contribution in [-0.4, -0.2) is 60.2 Å². The Hall–Kier alpha value is -1.14. The summed E-state index contributed by atoms with van der Waals surface area (Å²) in [6.45, 7) is 5.38. The molecule has 1 rings (SSSR count). The Balaban J connectivity index is 2.92. The lowest BCUT2D eigenvalue weighted by Crippen LogP contribution is -2.33. The molecule has 0 saturated heterocycles. The Morgan fingerprint density at radius 3 is 2.24 bits per heavy atom. The van der Waals surface area contributed by atoms with Crippen molar-refractivity contribution in [3.63, 3.8) is 0 Å². The maximum atomic E-state index is 10.5. The van der Waals surface area contributed by atoms with E-state index < -0.39 is 6.10 Å². The molecule has 0 fully saturated rings. The number of aliphatic hydroxyl groups excluding tert-OH is 3. The van der Waals surface area contributed by atoms with Gasteiger partial charge in [-0.05, 0) is 23.6 Å². The normalized spacial score (nSPS) is 13.0. The third kappa shape index (κ3) is 5.28. The number of hydrogen-bond acceptors (Lipinski definition) is 5. The molecule has 3 N–H and O–H groups in total. The molecule has 0 aliphatic heterocycles. The third-order valence-corrected chi connectivity index (χ3v) is 3.54. The van der Waals surface area contributed by atoms with E-state index in [9.17, 15) is 5.11 Å². The van der Waals surface area contributed by atoms with Crippen molar-refractivity contribution in [2.45, 2.75) is 25.9 Å². The van der Waals surface area contributed by atoms with Crippen molar-refractivity contribution in [3.05, 3.63) is 29.3 Å². The molecule has 1 unspecified atom stereocenters. The Labute approximate surface area is 126 Å². The van der Waals surface area contributed by atoms with E-state index in [1.54, 1.807) is 7.11 Å². The second-order valence-corrected chi connectivity index (χ2v) is 5.42. The molecule has 1 atom stereocenters. The van der Waals surface area contributed by atoms with Gasteiger partial charge in [0.2, 0.25) is 0 Å². The number of ether oxygens (including phenoxy) is 1. The topological polar surface area (TPSA) is 73.2 Å². The standard InChI is InChI=1S/C16H27NO4/c1-12(2)13-4-5-16(21-3)14(10-13)15(20)11-17(6-8-18)7-9-19/h4-5,10,12,15,18-20H,6-9,11H2,1-3H3. The number of benzene rings is 1. The van der Waals surface area contributed by atoms with E-state index >= 15 is 0 Å². The number of methoxy groups -OCH3 is 1. The highest BCUT2D eigenvalue weighted by Crippen LogP contribution is 2.29. The first-order chi connectivity index (χ1) is 10.0. The summed E-state index contributed by atoms with van der Waals surface area (Å²) in [7, 11) is 1.58. The van der Waals surface area contributed by atoms with Crippen LogP contribution < -0.4 is 4.74 Å². The van der Waals surface area contributed by atoms with Gasteiger partial charge in [-0.2, -0.15) is 0 Å². The zero-order valence-corrected chi connectivity index (χ0v) is 13.1. The largest absolute Gasteiger partial charge is 0.496 e. The summed E-state index contributed by atoms with van der Waals surface area (Å²) in [4.78, 5) is 1.83. The van der Waals surface area contributed by atoms with Crippen LogP contribution in [0.1, 0.15) is 37.0 Å². The van der Waals surface area contributed by atoms with Gasteiger partial charge in [0.05, 0.1) is 26.4 Å².